The second-order valence-corrected chi connectivity index (χ2v) is 5.50. The van der Waals surface area contributed by atoms with Crippen molar-refractivity contribution in [2.45, 2.75) is 6.92 Å². The van der Waals surface area contributed by atoms with Gasteiger partial charge in [0.15, 0.2) is 6.29 Å². The van der Waals surface area contributed by atoms with Crippen LogP contribution in [0, 0.1) is 6.92 Å². The molecule has 2 aromatic carbocycles. The van der Waals surface area contributed by atoms with E-state index in [9.17, 15) is 4.79 Å². The van der Waals surface area contributed by atoms with Gasteiger partial charge >= 0.3 is 0 Å². The summed E-state index contributed by atoms with van der Waals surface area (Å²) in [5, 5.41) is 0.980. The number of hydrogen-bond donors (Lipinski definition) is 1. The number of aryl methyl sites for hydroxylation is 1. The summed E-state index contributed by atoms with van der Waals surface area (Å²) in [6.07, 6.45) is 0.926. The molecule has 0 aliphatic heterocycles. The Kier molecular flexibility index (Phi) is 2.99. The summed E-state index contributed by atoms with van der Waals surface area (Å²) in [6, 6.07) is 14.0. The number of aromatic nitrogens is 1. The third-order valence-corrected chi connectivity index (χ3v) is 3.77. The molecule has 0 spiro atoms. The van der Waals surface area contributed by atoms with Crippen molar-refractivity contribution in [1.29, 1.82) is 0 Å². The van der Waals surface area contributed by atoms with Crippen LogP contribution < -0.4 is 0 Å². The predicted molar refractivity (Wildman–Crippen MR) is 81.6 cm³/mol. The molecule has 0 unspecified atom stereocenters. The molecule has 0 amide bonds. The lowest BCUT2D eigenvalue weighted by molar-refractivity contribution is 0.112. The minimum atomic E-state index is 0.723. The minimum absolute atomic E-state index is 0.723. The van der Waals surface area contributed by atoms with Crippen LogP contribution in [0.5, 0.6) is 0 Å². The third kappa shape index (κ3) is 2.10. The zero-order valence-corrected chi connectivity index (χ0v) is 12.0. The monoisotopic (exact) mass is 313 g/mol. The van der Waals surface area contributed by atoms with Crippen molar-refractivity contribution in [1.82, 2.24) is 4.98 Å². The fraction of sp³-hybridized carbons (Fsp3) is 0.0625. The van der Waals surface area contributed by atoms with Gasteiger partial charge in [-0.25, -0.2) is 0 Å². The highest BCUT2D eigenvalue weighted by Gasteiger charge is 2.12. The van der Waals surface area contributed by atoms with Crippen LogP contribution >= 0.6 is 15.9 Å². The first-order chi connectivity index (χ1) is 9.19. The molecule has 1 heterocycles. The first-order valence-electron chi connectivity index (χ1n) is 6.02. The van der Waals surface area contributed by atoms with Crippen molar-refractivity contribution in [3.05, 3.63) is 58.1 Å². The maximum absolute atomic E-state index is 11.4. The standard InChI is InChI=1S/C16H12BrNO/c1-10-2-7-15-13(8-10)14(9-19)16(18-15)11-3-5-12(17)6-4-11/h2-9,18H,1H3. The molecule has 3 heteroatoms. The summed E-state index contributed by atoms with van der Waals surface area (Å²) in [4.78, 5) is 14.8. The summed E-state index contributed by atoms with van der Waals surface area (Å²) in [5.74, 6) is 0. The van der Waals surface area contributed by atoms with Gasteiger partial charge in [-0.3, -0.25) is 4.79 Å². The molecule has 3 aromatic rings. The molecule has 19 heavy (non-hydrogen) atoms. The Morgan fingerprint density at radius 3 is 2.53 bits per heavy atom. The van der Waals surface area contributed by atoms with Gasteiger partial charge in [0.05, 0.1) is 5.69 Å². The Hall–Kier alpha value is -1.87. The summed E-state index contributed by atoms with van der Waals surface area (Å²) < 4.78 is 1.02. The van der Waals surface area contributed by atoms with Crippen LogP contribution in [-0.4, -0.2) is 11.3 Å². The quantitative estimate of drug-likeness (QED) is 0.682. The number of H-pyrrole nitrogens is 1. The molecule has 0 aliphatic rings. The first-order valence-corrected chi connectivity index (χ1v) is 6.82. The van der Waals surface area contributed by atoms with E-state index in [4.69, 9.17) is 0 Å². The molecule has 0 bridgehead atoms. The minimum Gasteiger partial charge on any atom is -0.354 e. The van der Waals surface area contributed by atoms with Crippen molar-refractivity contribution < 1.29 is 4.79 Å². The Balaban J connectivity index is 2.28. The van der Waals surface area contributed by atoms with E-state index in [1.165, 1.54) is 0 Å². The zero-order chi connectivity index (χ0) is 13.4. The lowest BCUT2D eigenvalue weighted by Crippen LogP contribution is -1.84. The van der Waals surface area contributed by atoms with Crippen LogP contribution in [0.4, 0.5) is 0 Å². The van der Waals surface area contributed by atoms with Crippen LogP contribution in [0.2, 0.25) is 0 Å². The molecule has 1 N–H and O–H groups in total. The normalized spacial score (nSPS) is 10.8. The second kappa shape index (κ2) is 4.67. The molecule has 0 fully saturated rings. The average Bonchev–Trinajstić information content (AvgIpc) is 2.77. The highest BCUT2D eigenvalue weighted by Crippen LogP contribution is 2.30. The smallest absolute Gasteiger partial charge is 0.152 e. The number of carbonyl (C=O) groups excluding carboxylic acids is 1. The van der Waals surface area contributed by atoms with Gasteiger partial charge in [-0.05, 0) is 36.8 Å². The molecule has 0 saturated carbocycles. The Morgan fingerprint density at radius 1 is 1.11 bits per heavy atom. The lowest BCUT2D eigenvalue weighted by atomic mass is 10.1. The summed E-state index contributed by atoms with van der Waals surface area (Å²) in [5.41, 5.74) is 4.76. The van der Waals surface area contributed by atoms with Gasteiger partial charge in [-0.2, -0.15) is 0 Å². The van der Waals surface area contributed by atoms with E-state index in [0.29, 0.717) is 0 Å². The van der Waals surface area contributed by atoms with E-state index in [-0.39, 0.29) is 0 Å². The predicted octanol–water partition coefficient (Wildman–Crippen LogP) is 4.72. The van der Waals surface area contributed by atoms with E-state index < -0.39 is 0 Å². The van der Waals surface area contributed by atoms with Crippen LogP contribution in [0.25, 0.3) is 22.2 Å². The van der Waals surface area contributed by atoms with Crippen LogP contribution in [0.3, 0.4) is 0 Å². The molecule has 2 nitrogen and oxygen atoms in total. The molecule has 0 atom stereocenters. The maximum atomic E-state index is 11.4. The number of halogens is 1. The zero-order valence-electron chi connectivity index (χ0n) is 10.4. The molecule has 0 saturated heterocycles. The van der Waals surface area contributed by atoms with E-state index in [2.05, 4.69) is 20.9 Å². The van der Waals surface area contributed by atoms with E-state index >= 15 is 0 Å². The molecular weight excluding hydrogens is 302 g/mol. The van der Waals surface area contributed by atoms with Gasteiger partial charge < -0.3 is 4.98 Å². The molecular formula is C16H12BrNO. The molecule has 0 radical (unpaired) electrons. The number of hydrogen-bond acceptors (Lipinski definition) is 1. The summed E-state index contributed by atoms with van der Waals surface area (Å²) in [7, 11) is 0. The SMILES string of the molecule is Cc1ccc2[nH]c(-c3ccc(Br)cc3)c(C=O)c2c1. The Bertz CT molecular complexity index is 756. The van der Waals surface area contributed by atoms with Gasteiger partial charge in [0, 0.05) is 20.9 Å². The second-order valence-electron chi connectivity index (χ2n) is 4.59. The maximum Gasteiger partial charge on any atom is 0.152 e. The highest BCUT2D eigenvalue weighted by atomic mass is 79.9. The van der Waals surface area contributed by atoms with Gasteiger partial charge in [-0.15, -0.1) is 0 Å². The van der Waals surface area contributed by atoms with Crippen LogP contribution in [0.1, 0.15) is 15.9 Å². The topological polar surface area (TPSA) is 32.9 Å². The number of aldehydes is 1. The van der Waals surface area contributed by atoms with Crippen molar-refractivity contribution in [3.63, 3.8) is 0 Å². The van der Waals surface area contributed by atoms with Crippen molar-refractivity contribution in [2.24, 2.45) is 0 Å². The molecule has 0 aliphatic carbocycles. The first kappa shape index (κ1) is 12.2. The molecule has 1 aromatic heterocycles. The van der Waals surface area contributed by atoms with Crippen molar-refractivity contribution in [3.8, 4) is 11.3 Å². The van der Waals surface area contributed by atoms with Gasteiger partial charge in [0.25, 0.3) is 0 Å². The van der Waals surface area contributed by atoms with E-state index in [1.54, 1.807) is 0 Å². The average molecular weight is 314 g/mol. The van der Waals surface area contributed by atoms with E-state index in [1.807, 2.05) is 49.4 Å². The van der Waals surface area contributed by atoms with E-state index in [0.717, 1.165) is 44.0 Å². The number of benzene rings is 2. The highest BCUT2D eigenvalue weighted by molar-refractivity contribution is 9.10. The number of aromatic amines is 1. The number of carbonyl (C=O) groups is 1. The van der Waals surface area contributed by atoms with Crippen LogP contribution in [-0.2, 0) is 0 Å². The van der Waals surface area contributed by atoms with Crippen molar-refractivity contribution in [2.75, 3.05) is 0 Å². The van der Waals surface area contributed by atoms with Gasteiger partial charge in [-0.1, -0.05) is 39.7 Å². The fourth-order valence-corrected chi connectivity index (χ4v) is 2.56. The Labute approximate surface area is 119 Å². The lowest BCUT2D eigenvalue weighted by Gasteiger charge is -2.00. The number of rotatable bonds is 2. The van der Waals surface area contributed by atoms with Crippen molar-refractivity contribution >= 4 is 33.1 Å². The van der Waals surface area contributed by atoms with Gasteiger partial charge in [0.2, 0.25) is 0 Å². The summed E-state index contributed by atoms with van der Waals surface area (Å²) >= 11 is 3.42. The molecule has 3 rings (SSSR count). The molecule has 94 valence electrons. The van der Waals surface area contributed by atoms with Crippen LogP contribution in [0.15, 0.2) is 46.9 Å². The number of fused-ring (bicyclic) bond motifs is 1. The fourth-order valence-electron chi connectivity index (χ4n) is 2.29. The number of nitrogens with one attached hydrogen (secondary N) is 1. The Morgan fingerprint density at radius 2 is 1.84 bits per heavy atom. The third-order valence-electron chi connectivity index (χ3n) is 3.24. The van der Waals surface area contributed by atoms with Gasteiger partial charge in [0.1, 0.15) is 0 Å². The summed E-state index contributed by atoms with van der Waals surface area (Å²) in [6.45, 7) is 2.03. The largest absolute Gasteiger partial charge is 0.354 e.